The Morgan fingerprint density at radius 2 is 2.24 bits per heavy atom. The van der Waals surface area contributed by atoms with Crippen molar-refractivity contribution in [3.05, 3.63) is 23.3 Å². The normalized spacial score (nSPS) is 15.1. The predicted molar refractivity (Wildman–Crippen MR) is 54.9 cm³/mol. The number of halogens is 2. The first-order valence-electron chi connectivity index (χ1n) is 5.46. The van der Waals surface area contributed by atoms with E-state index in [1.54, 1.807) is 6.92 Å². The number of ether oxygens (including phenoxy) is 1. The fourth-order valence-electron chi connectivity index (χ4n) is 1.43. The Labute approximate surface area is 97.0 Å². The summed E-state index contributed by atoms with van der Waals surface area (Å²) in [5, 5.41) is 0. The molecule has 4 nitrogen and oxygen atoms in total. The SMILES string of the molecule is CCOC(=O)c1cc(C(F)F)nc(C2CC2)n1. The topological polar surface area (TPSA) is 52.1 Å². The molecule has 0 bridgehead atoms. The molecule has 6 heteroatoms. The van der Waals surface area contributed by atoms with E-state index in [4.69, 9.17) is 4.74 Å². The summed E-state index contributed by atoms with van der Waals surface area (Å²) in [6.07, 6.45) is -0.937. The minimum Gasteiger partial charge on any atom is -0.461 e. The van der Waals surface area contributed by atoms with Crippen LogP contribution in [0.1, 0.15) is 54.1 Å². The highest BCUT2D eigenvalue weighted by atomic mass is 19.3. The van der Waals surface area contributed by atoms with Crippen LogP contribution in [0.15, 0.2) is 6.07 Å². The molecule has 0 amide bonds. The average Bonchev–Trinajstić information content (AvgIpc) is 3.12. The van der Waals surface area contributed by atoms with E-state index in [0.717, 1.165) is 18.9 Å². The molecule has 1 saturated carbocycles. The van der Waals surface area contributed by atoms with Crippen molar-refractivity contribution in [3.63, 3.8) is 0 Å². The van der Waals surface area contributed by atoms with E-state index in [1.807, 2.05) is 0 Å². The highest BCUT2D eigenvalue weighted by molar-refractivity contribution is 5.87. The highest BCUT2D eigenvalue weighted by Crippen LogP contribution is 2.38. The molecule has 0 aromatic carbocycles. The summed E-state index contributed by atoms with van der Waals surface area (Å²) in [5.74, 6) is -0.244. The zero-order valence-electron chi connectivity index (χ0n) is 9.32. The summed E-state index contributed by atoms with van der Waals surface area (Å²) in [7, 11) is 0. The van der Waals surface area contributed by atoms with E-state index in [1.165, 1.54) is 0 Å². The van der Waals surface area contributed by atoms with Crippen LogP contribution < -0.4 is 0 Å². The van der Waals surface area contributed by atoms with Gasteiger partial charge in [0.2, 0.25) is 0 Å². The molecule has 0 saturated heterocycles. The van der Waals surface area contributed by atoms with Gasteiger partial charge in [-0.15, -0.1) is 0 Å². The second-order valence-electron chi connectivity index (χ2n) is 3.83. The summed E-state index contributed by atoms with van der Waals surface area (Å²) in [6, 6.07) is 0.995. The predicted octanol–water partition coefficient (Wildman–Crippen LogP) is 2.47. The highest BCUT2D eigenvalue weighted by Gasteiger charge is 2.29. The molecule has 92 valence electrons. The van der Waals surface area contributed by atoms with Crippen molar-refractivity contribution < 1.29 is 18.3 Å². The molecule has 1 fully saturated rings. The number of hydrogen-bond acceptors (Lipinski definition) is 4. The lowest BCUT2D eigenvalue weighted by molar-refractivity contribution is 0.0518. The van der Waals surface area contributed by atoms with E-state index in [0.29, 0.717) is 5.82 Å². The van der Waals surface area contributed by atoms with Gasteiger partial charge in [0, 0.05) is 5.92 Å². The molecular weight excluding hydrogens is 230 g/mol. The molecule has 0 aliphatic heterocycles. The molecule has 17 heavy (non-hydrogen) atoms. The average molecular weight is 242 g/mol. The van der Waals surface area contributed by atoms with Gasteiger partial charge in [0.1, 0.15) is 11.5 Å². The van der Waals surface area contributed by atoms with Gasteiger partial charge in [0.15, 0.2) is 5.69 Å². The second-order valence-corrected chi connectivity index (χ2v) is 3.83. The van der Waals surface area contributed by atoms with Crippen molar-refractivity contribution in [1.82, 2.24) is 9.97 Å². The molecule has 1 aromatic rings. The number of rotatable bonds is 4. The third-order valence-corrected chi connectivity index (χ3v) is 2.41. The fraction of sp³-hybridized carbons (Fsp3) is 0.545. The lowest BCUT2D eigenvalue weighted by Crippen LogP contribution is -2.11. The summed E-state index contributed by atoms with van der Waals surface area (Å²) in [6.45, 7) is 1.83. The van der Waals surface area contributed by atoms with Crippen molar-refractivity contribution in [2.24, 2.45) is 0 Å². The molecule has 0 unspecified atom stereocenters. The van der Waals surface area contributed by atoms with Crippen LogP contribution in [-0.2, 0) is 4.74 Å². The maximum absolute atomic E-state index is 12.6. The number of alkyl halides is 2. The number of carbonyl (C=O) groups is 1. The van der Waals surface area contributed by atoms with Crippen LogP contribution in [0.2, 0.25) is 0 Å². The monoisotopic (exact) mass is 242 g/mol. The van der Waals surface area contributed by atoms with Gasteiger partial charge in [-0.3, -0.25) is 0 Å². The van der Waals surface area contributed by atoms with Crippen LogP contribution in [0.4, 0.5) is 8.78 Å². The number of carbonyl (C=O) groups excluding carboxylic acids is 1. The van der Waals surface area contributed by atoms with Crippen molar-refractivity contribution in [2.45, 2.75) is 32.1 Å². The maximum Gasteiger partial charge on any atom is 0.357 e. The van der Waals surface area contributed by atoms with Crippen molar-refractivity contribution in [2.75, 3.05) is 6.61 Å². The van der Waals surface area contributed by atoms with E-state index in [9.17, 15) is 13.6 Å². The Kier molecular flexibility index (Phi) is 3.31. The largest absolute Gasteiger partial charge is 0.461 e. The lowest BCUT2D eigenvalue weighted by atomic mass is 10.3. The van der Waals surface area contributed by atoms with E-state index >= 15 is 0 Å². The standard InChI is InChI=1S/C11H12F2N2O2/c1-2-17-11(16)8-5-7(9(12)13)14-10(15-8)6-3-4-6/h5-6,9H,2-4H2,1H3. The summed E-state index contributed by atoms with van der Waals surface area (Å²) in [5.41, 5.74) is -0.496. The Bertz CT molecular complexity index is 413. The van der Waals surface area contributed by atoms with Crippen LogP contribution in [0.5, 0.6) is 0 Å². The molecule has 1 aromatic heterocycles. The summed E-state index contributed by atoms with van der Waals surface area (Å²) in [4.78, 5) is 19.2. The lowest BCUT2D eigenvalue weighted by Gasteiger charge is -2.06. The Balaban J connectivity index is 2.33. The molecule has 0 atom stereocenters. The van der Waals surface area contributed by atoms with Gasteiger partial charge in [0.25, 0.3) is 6.43 Å². The fourth-order valence-corrected chi connectivity index (χ4v) is 1.43. The molecule has 0 radical (unpaired) electrons. The quantitative estimate of drug-likeness (QED) is 0.761. The van der Waals surface area contributed by atoms with Crippen molar-refractivity contribution in [3.8, 4) is 0 Å². The number of esters is 1. The third-order valence-electron chi connectivity index (χ3n) is 2.41. The maximum atomic E-state index is 12.6. The first-order chi connectivity index (χ1) is 8.11. The number of nitrogens with zero attached hydrogens (tertiary/aromatic N) is 2. The number of aromatic nitrogens is 2. The smallest absolute Gasteiger partial charge is 0.357 e. The molecule has 1 heterocycles. The minimum atomic E-state index is -2.70. The Morgan fingerprint density at radius 1 is 1.53 bits per heavy atom. The molecule has 0 N–H and O–H groups in total. The van der Waals surface area contributed by atoms with Gasteiger partial charge in [-0.1, -0.05) is 0 Å². The van der Waals surface area contributed by atoms with Crippen molar-refractivity contribution >= 4 is 5.97 Å². The van der Waals surface area contributed by atoms with Gasteiger partial charge in [0.05, 0.1) is 6.61 Å². The summed E-state index contributed by atoms with van der Waals surface area (Å²) >= 11 is 0. The molecular formula is C11H12F2N2O2. The molecule has 1 aliphatic rings. The van der Waals surface area contributed by atoms with Gasteiger partial charge in [-0.05, 0) is 25.8 Å². The zero-order valence-corrected chi connectivity index (χ0v) is 9.32. The van der Waals surface area contributed by atoms with E-state index in [2.05, 4.69) is 9.97 Å². The minimum absolute atomic E-state index is 0.0842. The van der Waals surface area contributed by atoms with E-state index < -0.39 is 18.1 Å². The van der Waals surface area contributed by atoms with Gasteiger partial charge < -0.3 is 4.74 Å². The van der Waals surface area contributed by atoms with Crippen LogP contribution in [-0.4, -0.2) is 22.5 Å². The van der Waals surface area contributed by atoms with Crippen LogP contribution in [0.3, 0.4) is 0 Å². The van der Waals surface area contributed by atoms with Gasteiger partial charge >= 0.3 is 5.97 Å². The molecule has 2 rings (SSSR count). The zero-order chi connectivity index (χ0) is 12.4. The van der Waals surface area contributed by atoms with Crippen LogP contribution in [0, 0.1) is 0 Å². The third kappa shape index (κ3) is 2.75. The van der Waals surface area contributed by atoms with E-state index in [-0.39, 0.29) is 18.2 Å². The van der Waals surface area contributed by atoms with Gasteiger partial charge in [-0.25, -0.2) is 23.5 Å². The first-order valence-corrected chi connectivity index (χ1v) is 5.46. The molecule has 1 aliphatic carbocycles. The van der Waals surface area contributed by atoms with Crippen LogP contribution >= 0.6 is 0 Å². The summed E-state index contributed by atoms with van der Waals surface area (Å²) < 4.78 is 30.0. The number of hydrogen-bond donors (Lipinski definition) is 0. The van der Waals surface area contributed by atoms with Crippen LogP contribution in [0.25, 0.3) is 0 Å². The molecule has 0 spiro atoms. The Hall–Kier alpha value is -1.59. The second kappa shape index (κ2) is 4.73. The van der Waals surface area contributed by atoms with Crippen molar-refractivity contribution in [1.29, 1.82) is 0 Å². The first kappa shape index (κ1) is 11.9. The Morgan fingerprint density at radius 3 is 2.76 bits per heavy atom. The van der Waals surface area contributed by atoms with Gasteiger partial charge in [-0.2, -0.15) is 0 Å².